The van der Waals surface area contributed by atoms with Crippen LogP contribution < -0.4 is 15.9 Å². The summed E-state index contributed by atoms with van der Waals surface area (Å²) in [5.74, 6) is 0. The zero-order valence-electron chi connectivity index (χ0n) is 23.0. The first-order valence-corrected chi connectivity index (χ1v) is 32.7. The van der Waals surface area contributed by atoms with Gasteiger partial charge in [-0.2, -0.15) is 0 Å². The zero-order valence-corrected chi connectivity index (χ0v) is 29.3. The van der Waals surface area contributed by atoms with Gasteiger partial charge in [0.05, 0.1) is 0 Å². The van der Waals surface area contributed by atoms with Crippen LogP contribution in [0, 0.1) is 0 Å². The van der Waals surface area contributed by atoms with Gasteiger partial charge in [0.2, 0.25) is 0 Å². The van der Waals surface area contributed by atoms with Crippen LogP contribution in [0.3, 0.4) is 0 Å². The van der Waals surface area contributed by atoms with E-state index in [2.05, 4.69) is 133 Å². The number of benzene rings is 3. The van der Waals surface area contributed by atoms with Gasteiger partial charge < -0.3 is 0 Å². The van der Waals surface area contributed by atoms with Crippen molar-refractivity contribution in [2.24, 2.45) is 0 Å². The summed E-state index contributed by atoms with van der Waals surface area (Å²) >= 11 is 0. The van der Waals surface area contributed by atoms with Crippen molar-refractivity contribution >= 4 is 52.1 Å². The molecule has 0 aromatic heterocycles. The van der Waals surface area contributed by atoms with Gasteiger partial charge >= 0.3 is 232 Å². The summed E-state index contributed by atoms with van der Waals surface area (Å²) < 4.78 is 0. The Morgan fingerprint density at radius 3 is 0.778 bits per heavy atom. The van der Waals surface area contributed by atoms with Crippen LogP contribution in [0.5, 0.6) is 0 Å². The Morgan fingerprint density at radius 2 is 0.611 bits per heavy atom. The van der Waals surface area contributed by atoms with Gasteiger partial charge in [-0.3, -0.25) is 0 Å². The molecule has 0 aliphatic carbocycles. The van der Waals surface area contributed by atoms with Crippen molar-refractivity contribution in [3.8, 4) is 0 Å². The molecule has 0 saturated heterocycles. The predicted octanol–water partition coefficient (Wildman–Crippen LogP) is 9.07. The van der Waals surface area contributed by atoms with E-state index in [4.69, 9.17) is 19.4 Å². The van der Waals surface area contributed by atoms with Crippen molar-refractivity contribution in [1.29, 1.82) is 0 Å². The maximum atomic E-state index is 9.10. The van der Waals surface area contributed by atoms with Gasteiger partial charge in [-0.1, -0.05) is 0 Å². The van der Waals surface area contributed by atoms with Crippen LogP contribution in [0.25, 0.3) is 0 Å². The van der Waals surface area contributed by atoms with Crippen LogP contribution in [0.15, 0.2) is 91.0 Å². The Morgan fingerprint density at radius 1 is 0.417 bits per heavy atom. The van der Waals surface area contributed by atoms with E-state index in [1.807, 2.05) is 0 Å². The molecule has 0 spiro atoms. The van der Waals surface area contributed by atoms with Crippen molar-refractivity contribution in [1.82, 2.24) is 0 Å². The summed E-state index contributed by atoms with van der Waals surface area (Å²) in [6.45, 7) is 14.6. The molecule has 0 saturated carbocycles. The van der Waals surface area contributed by atoms with E-state index in [0.717, 1.165) is 37.0 Å². The minimum absolute atomic E-state index is 1.12. The molecule has 0 nitrogen and oxygen atoms in total. The van der Waals surface area contributed by atoms with Crippen LogP contribution in [-0.4, -0.2) is 37.0 Å². The molecule has 0 fully saturated rings. The van der Waals surface area contributed by atoms with Crippen LogP contribution in [0.2, 0.25) is 0 Å². The summed E-state index contributed by atoms with van der Waals surface area (Å²) in [7, 11) is 13.9. The first kappa shape index (κ1) is 30.7. The molecule has 0 heterocycles. The average Bonchev–Trinajstić information content (AvgIpc) is 2.93. The zero-order chi connectivity index (χ0) is 26.5. The van der Waals surface area contributed by atoms with Crippen LogP contribution in [0.4, 0.5) is 0 Å². The van der Waals surface area contributed by atoms with Crippen LogP contribution in [0.1, 0.15) is 41.5 Å². The predicted molar refractivity (Wildman–Crippen MR) is 178 cm³/mol. The summed E-state index contributed by atoms with van der Waals surface area (Å²) in [5.41, 5.74) is -7.16. The molecule has 0 aliphatic rings. The van der Waals surface area contributed by atoms with E-state index < -0.39 is 27.0 Å². The fourth-order valence-electron chi connectivity index (χ4n) is 7.00. The summed E-state index contributed by atoms with van der Waals surface area (Å²) in [6, 6.07) is 34.2. The molecule has 0 radical (unpaired) electrons. The molecule has 3 rings (SSSR count). The Bertz CT molecular complexity index is 953. The van der Waals surface area contributed by atoms with E-state index >= 15 is 0 Å². The molecular formula is C30H48Cl2P3Ru. The van der Waals surface area contributed by atoms with Gasteiger partial charge in [0.25, 0.3) is 0 Å². The molecule has 0 amide bonds. The number of halogens is 2. The SMILES string of the molecule is CC[PH](CC)(c1ccccc1)[Ru]([Cl])([Cl])([PH](CC)(CC)c1ccccc1)[PH](CC)(CC)c1ccccc1. The second kappa shape index (κ2) is 12.1. The summed E-state index contributed by atoms with van der Waals surface area (Å²) in [5, 5.41) is 4.53. The second-order valence-electron chi connectivity index (χ2n) is 9.76. The number of hydrogen-bond acceptors (Lipinski definition) is 0. The van der Waals surface area contributed by atoms with Crippen LogP contribution >= 0.6 is 36.2 Å². The molecular weight excluding hydrogens is 625 g/mol. The first-order chi connectivity index (χ1) is 17.2. The molecule has 0 atom stereocenters. The topological polar surface area (TPSA) is 0 Å². The molecule has 0 unspecified atom stereocenters. The van der Waals surface area contributed by atoms with Gasteiger partial charge in [-0.05, 0) is 0 Å². The maximum absolute atomic E-state index is 9.10. The third-order valence-corrected chi connectivity index (χ3v) is 128. The second-order valence-corrected chi connectivity index (χ2v) is 73.8. The fourth-order valence-corrected chi connectivity index (χ4v) is 164. The fraction of sp³-hybridized carbons (Fsp3) is 0.400. The molecule has 0 N–H and O–H groups in total. The minimum atomic E-state index is -4.31. The molecule has 3 aromatic carbocycles. The normalized spacial score (nSPS) is 15.6. The average molecular weight is 674 g/mol. The molecule has 0 aliphatic heterocycles. The quantitative estimate of drug-likeness (QED) is 0.133. The molecule has 36 heavy (non-hydrogen) atoms. The standard InChI is InChI=1S/3C10H15P.2ClH.Ru/c3*1-3-11(4-2)10-8-6-5-7-9-10;;;/h3*5-9H,3-4H2,1-2H3;2*1H;/q;;;;;-1/p+1. The van der Waals surface area contributed by atoms with Crippen molar-refractivity contribution in [2.45, 2.75) is 41.5 Å². The van der Waals surface area contributed by atoms with Gasteiger partial charge in [-0.25, -0.2) is 0 Å². The van der Waals surface area contributed by atoms with E-state index in [9.17, 15) is 0 Å². The molecule has 3 aromatic rings. The van der Waals surface area contributed by atoms with Crippen molar-refractivity contribution in [3.05, 3.63) is 91.0 Å². The Kier molecular flexibility index (Phi) is 10.3. The van der Waals surface area contributed by atoms with Gasteiger partial charge in [0.1, 0.15) is 0 Å². The van der Waals surface area contributed by atoms with Crippen molar-refractivity contribution in [3.63, 3.8) is 0 Å². The monoisotopic (exact) mass is 673 g/mol. The van der Waals surface area contributed by atoms with Gasteiger partial charge in [-0.15, -0.1) is 0 Å². The van der Waals surface area contributed by atoms with E-state index in [1.165, 1.54) is 15.9 Å². The Balaban J connectivity index is 2.69. The Hall–Kier alpha value is 0.153. The summed E-state index contributed by atoms with van der Waals surface area (Å²) in [4.78, 5) is 0. The Labute approximate surface area is 230 Å². The van der Waals surface area contributed by atoms with E-state index in [-0.39, 0.29) is 0 Å². The molecule has 6 heteroatoms. The van der Waals surface area contributed by atoms with Crippen molar-refractivity contribution in [2.75, 3.05) is 37.0 Å². The first-order valence-electron chi connectivity index (χ1n) is 13.6. The third kappa shape index (κ3) is 4.06. The molecule has 0 bridgehead atoms. The molecule has 205 valence electrons. The third-order valence-electron chi connectivity index (χ3n) is 8.95. The van der Waals surface area contributed by atoms with E-state index in [0.29, 0.717) is 0 Å². The number of hydrogen-bond donors (Lipinski definition) is 0. The van der Waals surface area contributed by atoms with Gasteiger partial charge in [0.15, 0.2) is 0 Å². The number of rotatable bonds is 12. The van der Waals surface area contributed by atoms with Gasteiger partial charge in [0, 0.05) is 0 Å². The summed E-state index contributed by atoms with van der Waals surface area (Å²) in [6.07, 6.45) is 6.72. The van der Waals surface area contributed by atoms with E-state index in [1.54, 1.807) is 0 Å². The van der Waals surface area contributed by atoms with Crippen molar-refractivity contribution < 1.29 is 10.2 Å². The van der Waals surface area contributed by atoms with Crippen LogP contribution in [-0.2, 0) is 10.2 Å².